The van der Waals surface area contributed by atoms with Crippen molar-refractivity contribution in [1.29, 1.82) is 0 Å². The van der Waals surface area contributed by atoms with Gasteiger partial charge in [-0.05, 0) is 56.9 Å². The van der Waals surface area contributed by atoms with E-state index < -0.39 is 5.60 Å². The molecule has 0 N–H and O–H groups in total. The van der Waals surface area contributed by atoms with E-state index in [9.17, 15) is 4.79 Å². The molecular formula is C18H22ClNO3. The summed E-state index contributed by atoms with van der Waals surface area (Å²) in [7, 11) is 0. The van der Waals surface area contributed by atoms with Crippen LogP contribution in [0.5, 0.6) is 0 Å². The summed E-state index contributed by atoms with van der Waals surface area (Å²) in [5.74, 6) is 0. The van der Waals surface area contributed by atoms with Crippen molar-refractivity contribution in [2.45, 2.75) is 56.8 Å². The zero-order chi connectivity index (χ0) is 16.4. The van der Waals surface area contributed by atoms with Crippen LogP contribution in [0.4, 0.5) is 4.79 Å². The normalized spacial score (nSPS) is 27.6. The van der Waals surface area contributed by atoms with Crippen LogP contribution < -0.4 is 0 Å². The molecule has 124 valence electrons. The van der Waals surface area contributed by atoms with Crippen LogP contribution in [0.3, 0.4) is 0 Å². The molecule has 1 amide bonds. The fourth-order valence-electron chi connectivity index (χ4n) is 4.11. The standard InChI is InChI=1S/C18H22ClNO3/c1-17(2,3)23-16(21)20-8-6-18(7-9-20)13-5-4-11(19)10-12(13)14-15(18)22-14/h4-5,10,14-15H,6-9H2,1-3H3/t14-,15-/m0/s1. The van der Waals surface area contributed by atoms with Gasteiger partial charge in [-0.15, -0.1) is 0 Å². The minimum atomic E-state index is -0.451. The number of nitrogens with zero attached hydrogens (tertiary/aromatic N) is 1. The zero-order valence-electron chi connectivity index (χ0n) is 13.8. The summed E-state index contributed by atoms with van der Waals surface area (Å²) in [5.41, 5.74) is 2.21. The molecule has 0 saturated carbocycles. The molecule has 1 aliphatic carbocycles. The second-order valence-corrected chi connectivity index (χ2v) is 8.27. The van der Waals surface area contributed by atoms with E-state index in [-0.39, 0.29) is 23.7 Å². The van der Waals surface area contributed by atoms with Gasteiger partial charge >= 0.3 is 6.09 Å². The summed E-state index contributed by atoms with van der Waals surface area (Å²) in [6.45, 7) is 7.12. The van der Waals surface area contributed by atoms with Crippen LogP contribution in [0.2, 0.25) is 5.02 Å². The molecule has 0 bridgehead atoms. The summed E-state index contributed by atoms with van der Waals surface area (Å²) >= 11 is 6.14. The van der Waals surface area contributed by atoms with Crippen molar-refractivity contribution in [1.82, 2.24) is 4.90 Å². The van der Waals surface area contributed by atoms with E-state index in [1.165, 1.54) is 11.1 Å². The molecule has 2 fully saturated rings. The fourth-order valence-corrected chi connectivity index (χ4v) is 4.29. The van der Waals surface area contributed by atoms with E-state index in [1.54, 1.807) is 0 Å². The summed E-state index contributed by atoms with van der Waals surface area (Å²) in [4.78, 5) is 14.1. The zero-order valence-corrected chi connectivity index (χ0v) is 14.5. The maximum Gasteiger partial charge on any atom is 0.410 e. The third-order valence-electron chi connectivity index (χ3n) is 5.20. The van der Waals surface area contributed by atoms with Crippen LogP contribution >= 0.6 is 11.6 Å². The SMILES string of the molecule is CC(C)(C)OC(=O)N1CCC2(CC1)c1ccc(Cl)cc1[C@@H]1O[C@@H]12. The van der Waals surface area contributed by atoms with Gasteiger partial charge in [0.25, 0.3) is 0 Å². The van der Waals surface area contributed by atoms with Gasteiger partial charge in [0.05, 0.1) is 6.10 Å². The molecule has 4 rings (SSSR count). The minimum Gasteiger partial charge on any atom is -0.444 e. The number of piperidine rings is 1. The largest absolute Gasteiger partial charge is 0.444 e. The monoisotopic (exact) mass is 335 g/mol. The topological polar surface area (TPSA) is 42.1 Å². The number of carbonyl (C=O) groups excluding carboxylic acids is 1. The summed E-state index contributed by atoms with van der Waals surface area (Å²) < 4.78 is 11.4. The molecule has 3 aliphatic rings. The third-order valence-corrected chi connectivity index (χ3v) is 5.44. The molecule has 2 saturated heterocycles. The van der Waals surface area contributed by atoms with Crippen molar-refractivity contribution < 1.29 is 14.3 Å². The van der Waals surface area contributed by atoms with Crippen LogP contribution in [0.1, 0.15) is 50.8 Å². The maximum absolute atomic E-state index is 12.3. The third kappa shape index (κ3) is 2.43. The van der Waals surface area contributed by atoms with Gasteiger partial charge in [0, 0.05) is 23.5 Å². The Morgan fingerprint density at radius 1 is 1.35 bits per heavy atom. The molecule has 5 heteroatoms. The molecule has 0 aromatic heterocycles. The van der Waals surface area contributed by atoms with E-state index in [1.807, 2.05) is 37.8 Å². The Morgan fingerprint density at radius 3 is 2.70 bits per heavy atom. The first-order chi connectivity index (χ1) is 10.8. The van der Waals surface area contributed by atoms with Gasteiger partial charge in [0.2, 0.25) is 0 Å². The average molecular weight is 336 g/mol. The highest BCUT2D eigenvalue weighted by atomic mass is 35.5. The smallest absolute Gasteiger partial charge is 0.410 e. The number of ether oxygens (including phenoxy) is 2. The lowest BCUT2D eigenvalue weighted by molar-refractivity contribution is 0.0146. The van der Waals surface area contributed by atoms with Crippen molar-refractivity contribution in [3.63, 3.8) is 0 Å². The number of hydrogen-bond acceptors (Lipinski definition) is 3. The molecule has 0 unspecified atom stereocenters. The van der Waals surface area contributed by atoms with E-state index in [0.717, 1.165) is 17.9 Å². The van der Waals surface area contributed by atoms with Gasteiger partial charge in [0.1, 0.15) is 11.7 Å². The first-order valence-corrected chi connectivity index (χ1v) is 8.61. The first-order valence-electron chi connectivity index (χ1n) is 8.23. The molecule has 23 heavy (non-hydrogen) atoms. The van der Waals surface area contributed by atoms with Gasteiger partial charge in [-0.2, -0.15) is 0 Å². The highest BCUT2D eigenvalue weighted by Gasteiger charge is 2.63. The Balaban J connectivity index is 1.52. The average Bonchev–Trinajstić information content (AvgIpc) is 3.22. The molecular weight excluding hydrogens is 314 g/mol. The lowest BCUT2D eigenvalue weighted by Crippen LogP contribution is -2.48. The Hall–Kier alpha value is -1.26. The van der Waals surface area contributed by atoms with Crippen LogP contribution in [-0.4, -0.2) is 35.8 Å². The van der Waals surface area contributed by atoms with Gasteiger partial charge in [-0.25, -0.2) is 4.79 Å². The van der Waals surface area contributed by atoms with E-state index in [0.29, 0.717) is 13.1 Å². The second-order valence-electron chi connectivity index (χ2n) is 7.83. The quantitative estimate of drug-likeness (QED) is 0.671. The number of likely N-dealkylation sites (tertiary alicyclic amines) is 1. The minimum absolute atomic E-state index is 0.0447. The van der Waals surface area contributed by atoms with E-state index in [2.05, 4.69) is 6.07 Å². The van der Waals surface area contributed by atoms with Crippen molar-refractivity contribution in [2.24, 2.45) is 0 Å². The number of fused-ring (bicyclic) bond motifs is 5. The van der Waals surface area contributed by atoms with Crippen LogP contribution in [-0.2, 0) is 14.9 Å². The summed E-state index contributed by atoms with van der Waals surface area (Å²) in [6, 6.07) is 6.15. The van der Waals surface area contributed by atoms with Crippen molar-refractivity contribution in [3.05, 3.63) is 34.3 Å². The summed E-state index contributed by atoms with van der Waals surface area (Å²) in [5, 5.41) is 0.765. The first kappa shape index (κ1) is 15.3. The van der Waals surface area contributed by atoms with Gasteiger partial charge in [-0.1, -0.05) is 17.7 Å². The molecule has 4 nitrogen and oxygen atoms in total. The van der Waals surface area contributed by atoms with Crippen LogP contribution in [0.25, 0.3) is 0 Å². The van der Waals surface area contributed by atoms with Crippen LogP contribution in [0.15, 0.2) is 18.2 Å². The Labute approximate surface area is 141 Å². The fraction of sp³-hybridized carbons (Fsp3) is 0.611. The molecule has 2 aliphatic heterocycles. The molecule has 1 aromatic carbocycles. The van der Waals surface area contributed by atoms with Gasteiger partial charge in [-0.3, -0.25) is 0 Å². The molecule has 0 radical (unpaired) electrons. The molecule has 2 atom stereocenters. The number of hydrogen-bond donors (Lipinski definition) is 0. The predicted octanol–water partition coefficient (Wildman–Crippen LogP) is 4.06. The van der Waals surface area contributed by atoms with E-state index in [4.69, 9.17) is 21.1 Å². The predicted molar refractivity (Wildman–Crippen MR) is 87.8 cm³/mol. The molecule has 2 heterocycles. The highest BCUT2D eigenvalue weighted by molar-refractivity contribution is 6.30. The van der Waals surface area contributed by atoms with Crippen LogP contribution in [0, 0.1) is 0 Å². The van der Waals surface area contributed by atoms with Crippen molar-refractivity contribution in [2.75, 3.05) is 13.1 Å². The number of rotatable bonds is 0. The number of benzene rings is 1. The molecule has 1 spiro atoms. The number of amides is 1. The second kappa shape index (κ2) is 4.87. The van der Waals surface area contributed by atoms with E-state index >= 15 is 0 Å². The van der Waals surface area contributed by atoms with Crippen molar-refractivity contribution >= 4 is 17.7 Å². The lowest BCUT2D eigenvalue weighted by Gasteiger charge is -2.40. The highest BCUT2D eigenvalue weighted by Crippen LogP contribution is 2.62. The van der Waals surface area contributed by atoms with Crippen molar-refractivity contribution in [3.8, 4) is 0 Å². The van der Waals surface area contributed by atoms with Gasteiger partial charge < -0.3 is 14.4 Å². The lowest BCUT2D eigenvalue weighted by atomic mass is 9.73. The Morgan fingerprint density at radius 2 is 2.04 bits per heavy atom. The number of halogens is 1. The number of epoxide rings is 1. The Bertz CT molecular complexity index is 659. The molecule has 1 aromatic rings. The summed E-state index contributed by atoms with van der Waals surface area (Å²) in [6.07, 6.45) is 2.09. The van der Waals surface area contributed by atoms with Gasteiger partial charge in [0.15, 0.2) is 0 Å². The number of carbonyl (C=O) groups is 1. The maximum atomic E-state index is 12.3. The Kier molecular flexibility index (Phi) is 3.23.